The molecule has 2 atom stereocenters. The van der Waals surface area contributed by atoms with Crippen molar-refractivity contribution >= 4 is 23.4 Å². The number of aliphatic hydroxyl groups excluding tert-OH is 2. The fraction of sp³-hybridized carbons (Fsp3) is 0.491. The summed E-state index contributed by atoms with van der Waals surface area (Å²) in [5.41, 5.74) is 4.84. The molecule has 3 amide bonds. The fourth-order valence-electron chi connectivity index (χ4n) is 8.14. The number of aromatic nitrogens is 1. The minimum atomic E-state index is -1.09. The average molecular weight is 865 g/mol. The van der Waals surface area contributed by atoms with Crippen LogP contribution in [0.2, 0.25) is 0 Å². The number of hydrogen-bond acceptors (Lipinski definition) is 5. The summed E-state index contributed by atoms with van der Waals surface area (Å²) in [5, 5.41) is 30.7. The van der Waals surface area contributed by atoms with E-state index in [0.29, 0.717) is 35.3 Å². The lowest BCUT2D eigenvalue weighted by atomic mass is 9.94. The zero-order valence-corrected chi connectivity index (χ0v) is 38.1. The number of unbranched alkanes of at least 4 members (excludes halogenated alkanes) is 11. The molecular weight excluding hydrogens is 792 g/mol. The molecule has 1 aromatic heterocycles. The monoisotopic (exact) mass is 865 g/mol. The van der Waals surface area contributed by atoms with E-state index in [0.717, 1.165) is 42.6 Å². The van der Waals surface area contributed by atoms with Crippen LogP contribution >= 0.6 is 0 Å². The SMILES string of the molecule is CCCCCCCCC=CCCCCCCCC(=O)NCCNC(=O)C[C@H](O)C[C@H](O)CCn1c(-c2ccc(F)cc2)c(-c2ccccc2)c(C(=O)Nc2ccccc2)c1C(C)C. The van der Waals surface area contributed by atoms with Crippen molar-refractivity contribution in [2.45, 2.75) is 155 Å². The third-order valence-corrected chi connectivity index (χ3v) is 11.4. The molecule has 4 aromatic rings. The van der Waals surface area contributed by atoms with Gasteiger partial charge in [-0.25, -0.2) is 4.39 Å². The molecular formula is C53H73FN4O5. The van der Waals surface area contributed by atoms with Gasteiger partial charge in [0, 0.05) is 43.0 Å². The molecule has 3 aromatic carbocycles. The lowest BCUT2D eigenvalue weighted by Gasteiger charge is -2.20. The second-order valence-electron chi connectivity index (χ2n) is 17.1. The van der Waals surface area contributed by atoms with Crippen molar-refractivity contribution in [3.63, 3.8) is 0 Å². The fourth-order valence-corrected chi connectivity index (χ4v) is 8.14. The highest BCUT2D eigenvalue weighted by atomic mass is 19.1. The molecule has 5 N–H and O–H groups in total. The standard InChI is InChI=1S/C53H73FN4O5/c1-4-5-6-7-8-9-10-11-12-13-14-15-16-17-24-29-47(61)55-35-36-56-48(62)39-46(60)38-45(59)34-37-58-51(40(2)3)50(53(63)57-44-27-22-19-23-28-44)49(41-25-20-18-21-26-41)52(58)42-30-32-43(54)33-31-42/h11-12,18-23,25-28,30-33,40,45-46,59-60H,4-10,13-17,24,29,34-39H2,1-3H3,(H,55,61)(H,56,62)(H,57,63)/t45-,46-/m1/s1. The molecule has 0 fully saturated rings. The molecule has 0 aliphatic heterocycles. The van der Waals surface area contributed by atoms with Crippen molar-refractivity contribution in [2.24, 2.45) is 0 Å². The number of para-hydroxylation sites is 1. The number of carbonyl (C=O) groups excluding carboxylic acids is 3. The number of amides is 3. The van der Waals surface area contributed by atoms with Gasteiger partial charge < -0.3 is 30.7 Å². The third kappa shape index (κ3) is 17.9. The maximum Gasteiger partial charge on any atom is 0.258 e. The first-order valence-electron chi connectivity index (χ1n) is 23.6. The molecule has 4 rings (SSSR count). The highest BCUT2D eigenvalue weighted by molar-refractivity contribution is 6.12. The van der Waals surface area contributed by atoms with Gasteiger partial charge in [-0.3, -0.25) is 14.4 Å². The van der Waals surface area contributed by atoms with Crippen LogP contribution in [0.25, 0.3) is 22.4 Å². The predicted molar refractivity (Wildman–Crippen MR) is 255 cm³/mol. The van der Waals surface area contributed by atoms with Crippen molar-refractivity contribution in [2.75, 3.05) is 18.4 Å². The summed E-state index contributed by atoms with van der Waals surface area (Å²) in [6.07, 6.45) is 18.7. The van der Waals surface area contributed by atoms with E-state index in [1.165, 1.54) is 69.9 Å². The molecule has 0 radical (unpaired) electrons. The summed E-state index contributed by atoms with van der Waals surface area (Å²) >= 11 is 0. The molecule has 0 saturated heterocycles. The Bertz CT molecular complexity index is 1960. The van der Waals surface area contributed by atoms with Gasteiger partial charge in [0.1, 0.15) is 5.82 Å². The van der Waals surface area contributed by atoms with Crippen molar-refractivity contribution in [1.29, 1.82) is 0 Å². The van der Waals surface area contributed by atoms with Crippen LogP contribution in [0.4, 0.5) is 10.1 Å². The normalized spacial score (nSPS) is 12.4. The number of halogens is 1. The molecule has 342 valence electrons. The van der Waals surface area contributed by atoms with Gasteiger partial charge in [0.05, 0.1) is 29.9 Å². The van der Waals surface area contributed by atoms with Crippen molar-refractivity contribution in [3.8, 4) is 22.4 Å². The molecule has 10 heteroatoms. The Morgan fingerprint density at radius 3 is 1.87 bits per heavy atom. The number of carbonyl (C=O) groups is 3. The maximum absolute atomic E-state index is 14.3. The number of nitrogens with zero attached hydrogens (tertiary/aromatic N) is 1. The molecule has 0 saturated carbocycles. The van der Waals surface area contributed by atoms with Gasteiger partial charge in [-0.2, -0.15) is 0 Å². The van der Waals surface area contributed by atoms with Crippen molar-refractivity contribution in [1.82, 2.24) is 15.2 Å². The molecule has 0 aliphatic rings. The van der Waals surface area contributed by atoms with Crippen LogP contribution in [0.15, 0.2) is 97.1 Å². The zero-order chi connectivity index (χ0) is 45.2. The summed E-state index contributed by atoms with van der Waals surface area (Å²) in [4.78, 5) is 39.3. The van der Waals surface area contributed by atoms with E-state index in [1.807, 2.05) is 79.1 Å². The number of benzene rings is 3. The highest BCUT2D eigenvalue weighted by Gasteiger charge is 2.31. The molecule has 0 spiro atoms. The van der Waals surface area contributed by atoms with E-state index in [4.69, 9.17) is 0 Å². The highest BCUT2D eigenvalue weighted by Crippen LogP contribution is 2.42. The number of allylic oxidation sites excluding steroid dienone is 2. The second-order valence-corrected chi connectivity index (χ2v) is 17.1. The Morgan fingerprint density at radius 1 is 0.683 bits per heavy atom. The van der Waals surface area contributed by atoms with E-state index < -0.39 is 12.2 Å². The Hall–Kier alpha value is -5.06. The van der Waals surface area contributed by atoms with Crippen LogP contribution in [-0.2, 0) is 16.1 Å². The van der Waals surface area contributed by atoms with Crippen LogP contribution in [0.5, 0.6) is 0 Å². The lowest BCUT2D eigenvalue weighted by Crippen LogP contribution is -2.36. The zero-order valence-electron chi connectivity index (χ0n) is 38.1. The number of rotatable bonds is 30. The minimum Gasteiger partial charge on any atom is -0.393 e. The Kier molecular flexibility index (Phi) is 23.0. The average Bonchev–Trinajstić information content (AvgIpc) is 3.62. The number of hydrogen-bond donors (Lipinski definition) is 5. The molecule has 63 heavy (non-hydrogen) atoms. The van der Waals surface area contributed by atoms with E-state index >= 15 is 0 Å². The van der Waals surface area contributed by atoms with Crippen LogP contribution in [0.1, 0.15) is 152 Å². The first kappa shape index (κ1) is 50.6. The van der Waals surface area contributed by atoms with Gasteiger partial charge in [0.2, 0.25) is 11.8 Å². The lowest BCUT2D eigenvalue weighted by molar-refractivity contribution is -0.124. The molecule has 0 aliphatic carbocycles. The first-order valence-corrected chi connectivity index (χ1v) is 23.6. The Morgan fingerprint density at radius 2 is 1.25 bits per heavy atom. The third-order valence-electron chi connectivity index (χ3n) is 11.4. The first-order chi connectivity index (χ1) is 30.6. The van der Waals surface area contributed by atoms with Gasteiger partial charge in [0.25, 0.3) is 5.91 Å². The van der Waals surface area contributed by atoms with E-state index in [2.05, 4.69) is 35.0 Å². The van der Waals surface area contributed by atoms with Crippen molar-refractivity contribution < 1.29 is 29.0 Å². The molecule has 1 heterocycles. The topological polar surface area (TPSA) is 133 Å². The largest absolute Gasteiger partial charge is 0.393 e. The summed E-state index contributed by atoms with van der Waals surface area (Å²) in [6, 6.07) is 25.0. The predicted octanol–water partition coefficient (Wildman–Crippen LogP) is 11.5. The number of nitrogens with one attached hydrogen (secondary N) is 3. The summed E-state index contributed by atoms with van der Waals surface area (Å²) in [5.74, 6) is -1.19. The van der Waals surface area contributed by atoms with Gasteiger partial charge in [-0.1, -0.05) is 133 Å². The number of anilines is 1. The quantitative estimate of drug-likeness (QED) is 0.0263. The minimum absolute atomic E-state index is 0.0306. The summed E-state index contributed by atoms with van der Waals surface area (Å²) in [7, 11) is 0. The molecule has 0 bridgehead atoms. The van der Waals surface area contributed by atoms with Crippen LogP contribution in [0, 0.1) is 5.82 Å². The van der Waals surface area contributed by atoms with Crippen LogP contribution < -0.4 is 16.0 Å². The van der Waals surface area contributed by atoms with Gasteiger partial charge in [0.15, 0.2) is 0 Å². The second kappa shape index (κ2) is 28.6. The van der Waals surface area contributed by atoms with E-state index in [-0.39, 0.29) is 61.8 Å². The van der Waals surface area contributed by atoms with Gasteiger partial charge in [-0.05, 0) is 98.4 Å². The van der Waals surface area contributed by atoms with Gasteiger partial charge >= 0.3 is 0 Å². The number of aliphatic hydroxyl groups is 2. The Labute approximate surface area is 376 Å². The molecule has 9 nitrogen and oxygen atoms in total. The smallest absolute Gasteiger partial charge is 0.258 e. The van der Waals surface area contributed by atoms with Crippen LogP contribution in [-0.4, -0.2) is 57.8 Å². The van der Waals surface area contributed by atoms with E-state index in [1.54, 1.807) is 12.1 Å². The van der Waals surface area contributed by atoms with E-state index in [9.17, 15) is 29.0 Å². The van der Waals surface area contributed by atoms with Crippen molar-refractivity contribution in [3.05, 3.63) is 114 Å². The Balaban J connectivity index is 1.24. The molecule has 0 unspecified atom stereocenters. The van der Waals surface area contributed by atoms with Crippen LogP contribution in [0.3, 0.4) is 0 Å². The summed E-state index contributed by atoms with van der Waals surface area (Å²) < 4.78 is 16.3. The maximum atomic E-state index is 14.3. The summed E-state index contributed by atoms with van der Waals surface area (Å²) in [6.45, 7) is 7.11. The van der Waals surface area contributed by atoms with Gasteiger partial charge in [-0.15, -0.1) is 0 Å².